The van der Waals surface area contributed by atoms with Gasteiger partial charge in [0.1, 0.15) is 11.5 Å². The van der Waals surface area contributed by atoms with E-state index in [1.807, 2.05) is 18.2 Å². The van der Waals surface area contributed by atoms with Crippen LogP contribution in [-0.2, 0) is 0 Å². The van der Waals surface area contributed by atoms with Crippen LogP contribution in [0.1, 0.15) is 25.3 Å². The number of ether oxygens (including phenoxy) is 2. The van der Waals surface area contributed by atoms with Gasteiger partial charge in [-0.25, -0.2) is 0 Å². The van der Waals surface area contributed by atoms with Crippen LogP contribution in [-0.4, -0.2) is 14.2 Å². The van der Waals surface area contributed by atoms with Crippen molar-refractivity contribution in [2.45, 2.75) is 19.8 Å². The first-order valence-electron chi connectivity index (χ1n) is 5.02. The highest BCUT2D eigenvalue weighted by Crippen LogP contribution is 2.21. The third-order valence-electron chi connectivity index (χ3n) is 1.96. The largest absolute Gasteiger partial charge is 0.497 e. The van der Waals surface area contributed by atoms with Crippen LogP contribution >= 0.6 is 0 Å². The predicted octanol–water partition coefficient (Wildman–Crippen LogP) is 2.86. The SMILES string of the molecule is CCCC#Cc1cc(OC)cc(OC)c1. The maximum atomic E-state index is 5.16. The summed E-state index contributed by atoms with van der Waals surface area (Å²) in [6.07, 6.45) is 1.99. The molecule has 0 N–H and O–H groups in total. The molecule has 2 heteroatoms. The van der Waals surface area contributed by atoms with Gasteiger partial charge in [0.15, 0.2) is 0 Å². The van der Waals surface area contributed by atoms with E-state index in [-0.39, 0.29) is 0 Å². The highest BCUT2D eigenvalue weighted by Gasteiger charge is 1.98. The van der Waals surface area contributed by atoms with Crippen LogP contribution in [0.2, 0.25) is 0 Å². The smallest absolute Gasteiger partial charge is 0.123 e. The molecule has 0 fully saturated rings. The zero-order chi connectivity index (χ0) is 11.1. The lowest BCUT2D eigenvalue weighted by atomic mass is 10.2. The molecule has 2 nitrogen and oxygen atoms in total. The molecule has 0 heterocycles. The number of unbranched alkanes of at least 4 members (excludes halogenated alkanes) is 1. The maximum Gasteiger partial charge on any atom is 0.123 e. The van der Waals surface area contributed by atoms with Crippen LogP contribution in [0.4, 0.5) is 0 Å². The molecule has 0 atom stereocenters. The number of hydrogen-bond donors (Lipinski definition) is 0. The Bertz CT molecular complexity index is 350. The van der Waals surface area contributed by atoms with Gasteiger partial charge in [-0.1, -0.05) is 18.8 Å². The second kappa shape index (κ2) is 5.98. The van der Waals surface area contributed by atoms with Gasteiger partial charge < -0.3 is 9.47 Å². The molecule has 0 aromatic heterocycles. The van der Waals surface area contributed by atoms with Crippen molar-refractivity contribution in [3.05, 3.63) is 23.8 Å². The Balaban J connectivity index is 2.93. The average Bonchev–Trinajstić information content (AvgIpc) is 2.29. The van der Waals surface area contributed by atoms with Gasteiger partial charge in [-0.05, 0) is 18.6 Å². The van der Waals surface area contributed by atoms with Crippen molar-refractivity contribution in [3.8, 4) is 23.3 Å². The summed E-state index contributed by atoms with van der Waals surface area (Å²) in [5, 5.41) is 0. The molecule has 0 bridgehead atoms. The number of rotatable bonds is 3. The van der Waals surface area contributed by atoms with E-state index in [0.29, 0.717) is 0 Å². The van der Waals surface area contributed by atoms with Crippen molar-refractivity contribution in [2.75, 3.05) is 14.2 Å². The highest BCUT2D eigenvalue weighted by atomic mass is 16.5. The van der Waals surface area contributed by atoms with Crippen LogP contribution in [0.3, 0.4) is 0 Å². The molecule has 0 amide bonds. The Morgan fingerprint density at radius 1 is 1.07 bits per heavy atom. The summed E-state index contributed by atoms with van der Waals surface area (Å²) < 4.78 is 10.3. The minimum absolute atomic E-state index is 0.773. The quantitative estimate of drug-likeness (QED) is 0.705. The van der Waals surface area contributed by atoms with E-state index < -0.39 is 0 Å². The summed E-state index contributed by atoms with van der Waals surface area (Å²) >= 11 is 0. The lowest BCUT2D eigenvalue weighted by Gasteiger charge is -2.04. The van der Waals surface area contributed by atoms with Gasteiger partial charge in [-0.15, -0.1) is 0 Å². The number of benzene rings is 1. The predicted molar refractivity (Wildman–Crippen MR) is 61.3 cm³/mol. The molecule has 80 valence electrons. The Kier molecular flexibility index (Phi) is 4.56. The van der Waals surface area contributed by atoms with Crippen molar-refractivity contribution >= 4 is 0 Å². The molecule has 15 heavy (non-hydrogen) atoms. The summed E-state index contributed by atoms with van der Waals surface area (Å²) in [5.74, 6) is 7.72. The molecule has 0 aliphatic heterocycles. The normalized spacial score (nSPS) is 9.00. The van der Waals surface area contributed by atoms with Gasteiger partial charge >= 0.3 is 0 Å². The zero-order valence-electron chi connectivity index (χ0n) is 9.46. The van der Waals surface area contributed by atoms with Crippen molar-refractivity contribution in [1.29, 1.82) is 0 Å². The first-order valence-corrected chi connectivity index (χ1v) is 5.02. The molecule has 0 spiro atoms. The monoisotopic (exact) mass is 204 g/mol. The van der Waals surface area contributed by atoms with E-state index in [1.54, 1.807) is 14.2 Å². The molecule has 0 unspecified atom stereocenters. The number of methoxy groups -OCH3 is 2. The minimum Gasteiger partial charge on any atom is -0.497 e. The molecule has 1 aromatic rings. The topological polar surface area (TPSA) is 18.5 Å². The average molecular weight is 204 g/mol. The molecular weight excluding hydrogens is 188 g/mol. The lowest BCUT2D eigenvalue weighted by molar-refractivity contribution is 0.394. The van der Waals surface area contributed by atoms with E-state index in [1.165, 1.54) is 0 Å². The van der Waals surface area contributed by atoms with Crippen LogP contribution in [0, 0.1) is 11.8 Å². The number of hydrogen-bond acceptors (Lipinski definition) is 2. The van der Waals surface area contributed by atoms with Crippen LogP contribution < -0.4 is 9.47 Å². The molecule has 1 rings (SSSR count). The third-order valence-corrected chi connectivity index (χ3v) is 1.96. The second-order valence-electron chi connectivity index (χ2n) is 3.15. The Labute approximate surface area is 91.2 Å². The fraction of sp³-hybridized carbons (Fsp3) is 0.385. The molecule has 0 aliphatic rings. The van der Waals surface area contributed by atoms with E-state index in [0.717, 1.165) is 29.9 Å². The Morgan fingerprint density at radius 2 is 1.67 bits per heavy atom. The van der Waals surface area contributed by atoms with Crippen molar-refractivity contribution < 1.29 is 9.47 Å². The van der Waals surface area contributed by atoms with Gasteiger partial charge in [0.05, 0.1) is 14.2 Å². The summed E-state index contributed by atoms with van der Waals surface area (Å²) in [6.45, 7) is 2.11. The summed E-state index contributed by atoms with van der Waals surface area (Å²) in [5.41, 5.74) is 0.930. The van der Waals surface area contributed by atoms with Crippen molar-refractivity contribution in [1.82, 2.24) is 0 Å². The highest BCUT2D eigenvalue weighted by molar-refractivity contribution is 5.46. The molecule has 0 aliphatic carbocycles. The van der Waals surface area contributed by atoms with Crippen LogP contribution in [0.15, 0.2) is 18.2 Å². The molecule has 0 radical (unpaired) electrons. The molecule has 0 saturated carbocycles. The Hall–Kier alpha value is -1.62. The van der Waals surface area contributed by atoms with E-state index in [2.05, 4.69) is 18.8 Å². The second-order valence-corrected chi connectivity index (χ2v) is 3.15. The standard InChI is InChI=1S/C13H16O2/c1-4-5-6-7-11-8-12(14-2)10-13(9-11)15-3/h8-10H,4-5H2,1-3H3. The Morgan fingerprint density at radius 3 is 2.13 bits per heavy atom. The third kappa shape index (κ3) is 3.55. The van der Waals surface area contributed by atoms with Gasteiger partial charge in [-0.2, -0.15) is 0 Å². The van der Waals surface area contributed by atoms with Gasteiger partial charge in [0.2, 0.25) is 0 Å². The van der Waals surface area contributed by atoms with Crippen molar-refractivity contribution in [3.63, 3.8) is 0 Å². The lowest BCUT2D eigenvalue weighted by Crippen LogP contribution is -1.88. The molecule has 0 saturated heterocycles. The minimum atomic E-state index is 0.773. The summed E-state index contributed by atoms with van der Waals surface area (Å²) in [7, 11) is 3.27. The first kappa shape index (κ1) is 11.5. The summed E-state index contributed by atoms with van der Waals surface area (Å²) in [6, 6.07) is 5.65. The van der Waals surface area contributed by atoms with Crippen LogP contribution in [0.5, 0.6) is 11.5 Å². The first-order chi connectivity index (χ1) is 7.30. The van der Waals surface area contributed by atoms with E-state index in [4.69, 9.17) is 9.47 Å². The summed E-state index contributed by atoms with van der Waals surface area (Å²) in [4.78, 5) is 0. The van der Waals surface area contributed by atoms with E-state index >= 15 is 0 Å². The van der Waals surface area contributed by atoms with Crippen molar-refractivity contribution in [2.24, 2.45) is 0 Å². The zero-order valence-corrected chi connectivity index (χ0v) is 9.46. The maximum absolute atomic E-state index is 5.16. The van der Waals surface area contributed by atoms with Gasteiger partial charge in [0, 0.05) is 18.1 Å². The van der Waals surface area contributed by atoms with Gasteiger partial charge in [0.25, 0.3) is 0 Å². The molecular formula is C13H16O2. The molecule has 1 aromatic carbocycles. The van der Waals surface area contributed by atoms with Crippen LogP contribution in [0.25, 0.3) is 0 Å². The van der Waals surface area contributed by atoms with E-state index in [9.17, 15) is 0 Å². The van der Waals surface area contributed by atoms with Gasteiger partial charge in [-0.3, -0.25) is 0 Å². The fourth-order valence-corrected chi connectivity index (χ4v) is 1.17. The fourth-order valence-electron chi connectivity index (χ4n) is 1.17.